The second kappa shape index (κ2) is 3.74. The summed E-state index contributed by atoms with van der Waals surface area (Å²) in [5.41, 5.74) is 14.8. The molecule has 0 spiro atoms. The van der Waals surface area contributed by atoms with Gasteiger partial charge in [0.25, 0.3) is 0 Å². The lowest BCUT2D eigenvalue weighted by Gasteiger charge is -2.17. The highest BCUT2D eigenvalue weighted by molar-refractivity contribution is 5.45. The average molecular weight is 230 g/mol. The lowest BCUT2D eigenvalue weighted by Crippen LogP contribution is -2.23. The zero-order valence-corrected chi connectivity index (χ0v) is 9.35. The van der Waals surface area contributed by atoms with Crippen LogP contribution in [0, 0.1) is 0 Å². The molecule has 5 N–H and O–H groups in total. The van der Waals surface area contributed by atoms with Gasteiger partial charge in [-0.2, -0.15) is 9.67 Å². The fourth-order valence-corrected chi connectivity index (χ4v) is 2.13. The molecular formula is C11H14N6. The topological polar surface area (TPSA) is 94.8 Å². The third-order valence-electron chi connectivity index (χ3n) is 2.97. The lowest BCUT2D eigenvalue weighted by molar-refractivity contribution is 0.643. The van der Waals surface area contributed by atoms with Crippen molar-refractivity contribution in [2.45, 2.75) is 13.0 Å². The summed E-state index contributed by atoms with van der Waals surface area (Å²) >= 11 is 0. The van der Waals surface area contributed by atoms with Gasteiger partial charge in [-0.25, -0.2) is 0 Å². The van der Waals surface area contributed by atoms with Gasteiger partial charge in [0.1, 0.15) is 0 Å². The second-order valence-electron chi connectivity index (χ2n) is 4.12. The summed E-state index contributed by atoms with van der Waals surface area (Å²) in [5, 5.41) is 7.41. The predicted molar refractivity (Wildman–Crippen MR) is 65.6 cm³/mol. The van der Waals surface area contributed by atoms with Gasteiger partial charge in [-0.3, -0.25) is 0 Å². The van der Waals surface area contributed by atoms with Crippen LogP contribution in [-0.4, -0.2) is 21.3 Å². The molecule has 3 rings (SSSR count). The lowest BCUT2D eigenvalue weighted by atomic mass is 10.0. The van der Waals surface area contributed by atoms with Crippen molar-refractivity contribution in [3.63, 3.8) is 0 Å². The molecule has 0 aliphatic carbocycles. The van der Waals surface area contributed by atoms with E-state index in [1.165, 1.54) is 11.1 Å². The summed E-state index contributed by atoms with van der Waals surface area (Å²) in [6, 6.07) is 6.17. The van der Waals surface area contributed by atoms with Crippen molar-refractivity contribution >= 4 is 11.9 Å². The largest absolute Gasteiger partial charge is 0.368 e. The van der Waals surface area contributed by atoms with E-state index in [9.17, 15) is 0 Å². The van der Waals surface area contributed by atoms with E-state index in [0.717, 1.165) is 25.2 Å². The predicted octanol–water partition coefficient (Wildman–Crippen LogP) is 0.0774. The van der Waals surface area contributed by atoms with Crippen molar-refractivity contribution in [2.75, 3.05) is 18.0 Å². The summed E-state index contributed by atoms with van der Waals surface area (Å²) in [6.07, 6.45) is 1.02. The van der Waals surface area contributed by atoms with E-state index in [2.05, 4.69) is 27.5 Å². The molecule has 0 saturated carbocycles. The van der Waals surface area contributed by atoms with Crippen molar-refractivity contribution in [3.05, 3.63) is 29.3 Å². The van der Waals surface area contributed by atoms with E-state index in [1.54, 1.807) is 4.68 Å². The first-order chi connectivity index (χ1) is 8.24. The van der Waals surface area contributed by atoms with Crippen molar-refractivity contribution in [1.29, 1.82) is 0 Å². The summed E-state index contributed by atoms with van der Waals surface area (Å²) < 4.78 is 1.57. The molecule has 2 heterocycles. The van der Waals surface area contributed by atoms with Crippen molar-refractivity contribution in [2.24, 2.45) is 0 Å². The number of anilines is 2. The number of nitrogens with zero attached hydrogens (tertiary/aromatic N) is 3. The highest BCUT2D eigenvalue weighted by Gasteiger charge is 2.12. The van der Waals surface area contributed by atoms with E-state index in [1.807, 2.05) is 6.07 Å². The Bertz CT molecular complexity index is 559. The molecule has 1 aromatic heterocycles. The molecule has 0 unspecified atom stereocenters. The number of nitrogens with two attached hydrogens (primary N) is 2. The van der Waals surface area contributed by atoms with Crippen LogP contribution in [0.25, 0.3) is 5.69 Å². The summed E-state index contributed by atoms with van der Waals surface area (Å²) in [4.78, 5) is 3.89. The zero-order chi connectivity index (χ0) is 11.8. The molecule has 0 radical (unpaired) electrons. The Labute approximate surface area is 98.6 Å². The normalized spacial score (nSPS) is 14.6. The zero-order valence-electron chi connectivity index (χ0n) is 9.35. The molecule has 88 valence electrons. The van der Waals surface area contributed by atoms with Gasteiger partial charge in [0.2, 0.25) is 11.9 Å². The quantitative estimate of drug-likeness (QED) is 0.644. The molecule has 1 aromatic carbocycles. The number of hydrogen-bond donors (Lipinski definition) is 3. The molecule has 6 nitrogen and oxygen atoms in total. The summed E-state index contributed by atoms with van der Waals surface area (Å²) in [7, 11) is 0. The fraction of sp³-hybridized carbons (Fsp3) is 0.273. The summed E-state index contributed by atoms with van der Waals surface area (Å²) in [6.45, 7) is 1.93. The fourth-order valence-electron chi connectivity index (χ4n) is 2.13. The number of aromatic nitrogens is 3. The van der Waals surface area contributed by atoms with Crippen LogP contribution in [-0.2, 0) is 13.0 Å². The first-order valence-corrected chi connectivity index (χ1v) is 5.55. The standard InChI is InChI=1S/C11H14N6/c12-10-15-11(13)17(16-10)9-2-1-8-6-14-4-3-7(8)5-9/h1-2,5,14H,3-4,6H2,(H4,12,13,15,16). The van der Waals surface area contributed by atoms with Crippen LogP contribution in [0.2, 0.25) is 0 Å². The molecule has 0 bridgehead atoms. The first kappa shape index (κ1) is 10.1. The van der Waals surface area contributed by atoms with Gasteiger partial charge in [-0.1, -0.05) is 6.07 Å². The highest BCUT2D eigenvalue weighted by Crippen LogP contribution is 2.19. The van der Waals surface area contributed by atoms with E-state index < -0.39 is 0 Å². The van der Waals surface area contributed by atoms with Crippen LogP contribution in [0.5, 0.6) is 0 Å². The van der Waals surface area contributed by atoms with Gasteiger partial charge >= 0.3 is 0 Å². The van der Waals surface area contributed by atoms with Gasteiger partial charge in [0, 0.05) is 6.54 Å². The molecule has 2 aromatic rings. The van der Waals surface area contributed by atoms with Gasteiger partial charge in [-0.15, -0.1) is 5.10 Å². The minimum atomic E-state index is 0.196. The molecule has 6 heteroatoms. The number of rotatable bonds is 1. The molecule has 1 aliphatic heterocycles. The molecule has 0 atom stereocenters. The van der Waals surface area contributed by atoms with Crippen LogP contribution in [0.4, 0.5) is 11.9 Å². The molecule has 0 fully saturated rings. The van der Waals surface area contributed by atoms with E-state index >= 15 is 0 Å². The molecule has 17 heavy (non-hydrogen) atoms. The number of fused-ring (bicyclic) bond motifs is 1. The maximum Gasteiger partial charge on any atom is 0.241 e. The van der Waals surface area contributed by atoms with E-state index in [0.29, 0.717) is 5.95 Å². The first-order valence-electron chi connectivity index (χ1n) is 5.55. The van der Waals surface area contributed by atoms with E-state index in [4.69, 9.17) is 11.5 Å². The van der Waals surface area contributed by atoms with Gasteiger partial charge in [0.15, 0.2) is 0 Å². The molecule has 0 amide bonds. The Morgan fingerprint density at radius 1 is 1.24 bits per heavy atom. The number of nitrogens with one attached hydrogen (secondary N) is 1. The Hall–Kier alpha value is -2.08. The SMILES string of the molecule is Nc1nc(N)n(-c2ccc3c(c2)CCNC3)n1. The van der Waals surface area contributed by atoms with Gasteiger partial charge in [-0.05, 0) is 36.2 Å². The molecular weight excluding hydrogens is 216 g/mol. The highest BCUT2D eigenvalue weighted by atomic mass is 15.4. The smallest absolute Gasteiger partial charge is 0.241 e. The molecule has 0 saturated heterocycles. The van der Waals surface area contributed by atoms with Crippen molar-refractivity contribution in [1.82, 2.24) is 20.1 Å². The van der Waals surface area contributed by atoms with Crippen LogP contribution in [0.15, 0.2) is 18.2 Å². The van der Waals surface area contributed by atoms with Crippen LogP contribution in [0.3, 0.4) is 0 Å². The van der Waals surface area contributed by atoms with E-state index in [-0.39, 0.29) is 5.95 Å². The third-order valence-corrected chi connectivity index (χ3v) is 2.97. The maximum absolute atomic E-state index is 5.75. The van der Waals surface area contributed by atoms with Crippen molar-refractivity contribution < 1.29 is 0 Å². The van der Waals surface area contributed by atoms with Crippen molar-refractivity contribution in [3.8, 4) is 5.69 Å². The van der Waals surface area contributed by atoms with Crippen LogP contribution in [0.1, 0.15) is 11.1 Å². The minimum Gasteiger partial charge on any atom is -0.368 e. The Morgan fingerprint density at radius 2 is 2.12 bits per heavy atom. The molecule has 1 aliphatic rings. The third kappa shape index (κ3) is 1.72. The second-order valence-corrected chi connectivity index (χ2v) is 4.12. The Balaban J connectivity index is 2.06. The Kier molecular flexibility index (Phi) is 2.22. The van der Waals surface area contributed by atoms with Crippen LogP contribution >= 0.6 is 0 Å². The number of hydrogen-bond acceptors (Lipinski definition) is 5. The van der Waals surface area contributed by atoms with Gasteiger partial charge in [0.05, 0.1) is 5.69 Å². The minimum absolute atomic E-state index is 0.196. The Morgan fingerprint density at radius 3 is 2.88 bits per heavy atom. The summed E-state index contributed by atoms with van der Waals surface area (Å²) in [5.74, 6) is 0.512. The monoisotopic (exact) mass is 230 g/mol. The number of nitrogen functional groups attached to an aromatic ring is 2. The average Bonchev–Trinajstić information content (AvgIpc) is 2.68. The van der Waals surface area contributed by atoms with Crippen LogP contribution < -0.4 is 16.8 Å². The maximum atomic E-state index is 5.75. The van der Waals surface area contributed by atoms with Gasteiger partial charge < -0.3 is 16.8 Å². The number of benzene rings is 1.